The van der Waals surface area contributed by atoms with Crippen LogP contribution in [0, 0.1) is 12.3 Å². The zero-order valence-electron chi connectivity index (χ0n) is 16.0. The summed E-state index contributed by atoms with van der Waals surface area (Å²) in [5.41, 5.74) is 0.161. The molecule has 0 aliphatic heterocycles. The van der Waals surface area contributed by atoms with E-state index in [2.05, 4.69) is 15.9 Å². The van der Waals surface area contributed by atoms with Crippen LogP contribution in [0.5, 0.6) is 0 Å². The lowest BCUT2D eigenvalue weighted by Crippen LogP contribution is -2.37. The molecule has 30 heavy (non-hydrogen) atoms. The van der Waals surface area contributed by atoms with Gasteiger partial charge in [-0.05, 0) is 18.2 Å². The number of amides is 1. The van der Waals surface area contributed by atoms with Crippen molar-refractivity contribution in [3.63, 3.8) is 0 Å². The number of rotatable bonds is 3. The average Bonchev–Trinajstić information content (AvgIpc) is 3.26. The molecular weight excluding hydrogens is 428 g/mol. The number of thiazole rings is 1. The maximum atomic E-state index is 12.7. The fraction of sp³-hybridized carbons (Fsp3) is 0.211. The van der Waals surface area contributed by atoms with Crippen LogP contribution in [-0.4, -0.2) is 29.2 Å². The highest BCUT2D eigenvalue weighted by Crippen LogP contribution is 2.21. The molecule has 0 unspecified atom stereocenters. The van der Waals surface area contributed by atoms with Crippen LogP contribution >= 0.6 is 22.9 Å². The average molecular weight is 443 g/mol. The van der Waals surface area contributed by atoms with Crippen LogP contribution in [0.15, 0.2) is 39.1 Å². The maximum absolute atomic E-state index is 12.7. The zero-order chi connectivity index (χ0) is 21.6. The highest BCUT2D eigenvalue weighted by atomic mass is 35.5. The van der Waals surface area contributed by atoms with Gasteiger partial charge in [0.15, 0.2) is 16.0 Å². The Hall–Kier alpha value is -3.42. The number of terminal acetylenes is 1. The van der Waals surface area contributed by atoms with Gasteiger partial charge in [0.25, 0.3) is 11.5 Å². The molecule has 0 radical (unpaired) electrons. The smallest absolute Gasteiger partial charge is 0.315 e. The molecule has 0 spiro atoms. The van der Waals surface area contributed by atoms with Gasteiger partial charge in [-0.15, -0.1) is 6.42 Å². The Bertz CT molecular complexity index is 1560. The third-order valence-corrected chi connectivity index (χ3v) is 5.91. The van der Waals surface area contributed by atoms with Gasteiger partial charge in [-0.2, -0.15) is 4.99 Å². The first-order chi connectivity index (χ1) is 14.3. The van der Waals surface area contributed by atoms with Crippen LogP contribution in [0.25, 0.3) is 21.4 Å². The minimum atomic E-state index is -0.530. The molecule has 11 heteroatoms. The Morgan fingerprint density at radius 3 is 2.80 bits per heavy atom. The highest BCUT2D eigenvalue weighted by molar-refractivity contribution is 7.16. The van der Waals surface area contributed by atoms with Crippen LogP contribution < -0.4 is 16.1 Å². The molecule has 0 aliphatic carbocycles. The number of aryl methyl sites for hydroxylation is 1. The van der Waals surface area contributed by atoms with Gasteiger partial charge in [-0.25, -0.2) is 9.78 Å². The molecule has 4 aromatic rings. The van der Waals surface area contributed by atoms with Crippen molar-refractivity contribution >= 4 is 50.2 Å². The summed E-state index contributed by atoms with van der Waals surface area (Å²) in [6.07, 6.45) is 6.82. The number of carbonyl (C=O) groups excluding carboxylic acids is 1. The van der Waals surface area contributed by atoms with E-state index in [1.54, 1.807) is 16.7 Å². The third-order valence-electron chi connectivity index (χ3n) is 4.64. The summed E-state index contributed by atoms with van der Waals surface area (Å²) >= 11 is 7.35. The molecule has 0 aliphatic rings. The van der Waals surface area contributed by atoms with Crippen molar-refractivity contribution in [1.29, 1.82) is 0 Å². The molecule has 0 atom stereocenters. The standard InChI is InChI=1S/C19H15ClN6O3S/c1-4-7-26-12-6-5-11(20)8-13(12)30-18(26)22-14(27)9-25-10-21-16-15(25)17(28)24(3)19(29)23(16)2/h1,5-6,8,10H,7,9H2,2-3H3. The SMILES string of the molecule is C#CCn1c(=NC(=O)Cn2cnc3c2c(=O)n(C)c(=O)n3C)sc2cc(Cl)ccc21. The Kier molecular flexibility index (Phi) is 4.93. The number of imidazole rings is 1. The van der Waals surface area contributed by atoms with Crippen molar-refractivity contribution in [1.82, 2.24) is 23.3 Å². The molecule has 1 amide bonds. The lowest BCUT2D eigenvalue weighted by atomic mass is 10.3. The van der Waals surface area contributed by atoms with Crippen LogP contribution in [0.3, 0.4) is 0 Å². The van der Waals surface area contributed by atoms with E-state index < -0.39 is 17.2 Å². The normalized spacial score (nSPS) is 12.0. The van der Waals surface area contributed by atoms with E-state index in [0.717, 1.165) is 14.8 Å². The predicted molar refractivity (Wildman–Crippen MR) is 114 cm³/mol. The molecule has 0 N–H and O–H groups in total. The van der Waals surface area contributed by atoms with Crippen LogP contribution in [-0.2, 0) is 32.0 Å². The molecule has 0 bridgehead atoms. The van der Waals surface area contributed by atoms with Gasteiger partial charge in [0.2, 0.25) is 0 Å². The number of hydrogen-bond acceptors (Lipinski definition) is 5. The number of benzene rings is 1. The number of fused-ring (bicyclic) bond motifs is 2. The topological polar surface area (TPSA) is 96.2 Å². The number of aromatic nitrogens is 5. The molecule has 1 aromatic carbocycles. The minimum Gasteiger partial charge on any atom is -0.315 e. The summed E-state index contributed by atoms with van der Waals surface area (Å²) in [4.78, 5) is 46.0. The quantitative estimate of drug-likeness (QED) is 0.440. The van der Waals surface area contributed by atoms with E-state index >= 15 is 0 Å². The predicted octanol–water partition coefficient (Wildman–Crippen LogP) is 0.864. The zero-order valence-corrected chi connectivity index (χ0v) is 17.6. The Morgan fingerprint density at radius 2 is 2.07 bits per heavy atom. The molecule has 9 nitrogen and oxygen atoms in total. The summed E-state index contributed by atoms with van der Waals surface area (Å²) in [6.45, 7) is 0.0272. The number of nitrogens with zero attached hydrogens (tertiary/aromatic N) is 6. The van der Waals surface area contributed by atoms with Crippen molar-refractivity contribution < 1.29 is 4.79 Å². The van der Waals surface area contributed by atoms with Crippen molar-refractivity contribution in [3.05, 3.63) is 55.2 Å². The van der Waals surface area contributed by atoms with Crippen molar-refractivity contribution in [2.75, 3.05) is 0 Å². The Labute approximate surface area is 178 Å². The molecular formula is C19H15ClN6O3S. The summed E-state index contributed by atoms with van der Waals surface area (Å²) < 4.78 is 6.22. The van der Waals surface area contributed by atoms with Crippen molar-refractivity contribution in [2.24, 2.45) is 19.1 Å². The van der Waals surface area contributed by atoms with Gasteiger partial charge in [-0.1, -0.05) is 28.9 Å². The maximum Gasteiger partial charge on any atom is 0.332 e. The highest BCUT2D eigenvalue weighted by Gasteiger charge is 2.16. The molecule has 4 rings (SSSR count). The Balaban J connectivity index is 1.80. The second kappa shape index (κ2) is 7.44. The van der Waals surface area contributed by atoms with E-state index in [-0.39, 0.29) is 24.3 Å². The van der Waals surface area contributed by atoms with Gasteiger partial charge in [0.05, 0.1) is 23.1 Å². The number of carbonyl (C=O) groups is 1. The third kappa shape index (κ3) is 3.18. The van der Waals surface area contributed by atoms with Crippen LogP contribution in [0.1, 0.15) is 0 Å². The van der Waals surface area contributed by atoms with Gasteiger partial charge < -0.3 is 9.13 Å². The molecule has 0 saturated carbocycles. The molecule has 3 aromatic heterocycles. The lowest BCUT2D eigenvalue weighted by Gasteiger charge is -2.05. The fourth-order valence-electron chi connectivity index (χ4n) is 3.18. The van der Waals surface area contributed by atoms with Gasteiger partial charge in [0.1, 0.15) is 6.54 Å². The molecule has 0 saturated heterocycles. The van der Waals surface area contributed by atoms with Gasteiger partial charge >= 0.3 is 5.69 Å². The molecule has 152 valence electrons. The second-order valence-corrected chi connectivity index (χ2v) is 7.99. The van der Waals surface area contributed by atoms with E-state index in [9.17, 15) is 14.4 Å². The van der Waals surface area contributed by atoms with Gasteiger partial charge in [0, 0.05) is 19.1 Å². The summed E-state index contributed by atoms with van der Waals surface area (Å²) in [5.74, 6) is 2.07. The first kappa shape index (κ1) is 19.9. The Morgan fingerprint density at radius 1 is 1.30 bits per heavy atom. The summed E-state index contributed by atoms with van der Waals surface area (Å²) in [7, 11) is 2.89. The monoisotopic (exact) mass is 442 g/mol. The van der Waals surface area contributed by atoms with E-state index in [0.29, 0.717) is 9.82 Å². The number of halogens is 1. The van der Waals surface area contributed by atoms with Crippen LogP contribution in [0.4, 0.5) is 0 Å². The van der Waals surface area contributed by atoms with E-state index in [4.69, 9.17) is 18.0 Å². The fourth-order valence-corrected chi connectivity index (χ4v) is 4.50. The number of hydrogen-bond donors (Lipinski definition) is 0. The first-order valence-electron chi connectivity index (χ1n) is 8.72. The first-order valence-corrected chi connectivity index (χ1v) is 9.92. The molecule has 3 heterocycles. The summed E-state index contributed by atoms with van der Waals surface area (Å²) in [5, 5.41) is 0.570. The van der Waals surface area contributed by atoms with Crippen LogP contribution in [0.2, 0.25) is 5.02 Å². The second-order valence-electron chi connectivity index (χ2n) is 6.54. The molecule has 0 fully saturated rings. The minimum absolute atomic E-state index is 0.155. The largest absolute Gasteiger partial charge is 0.332 e. The van der Waals surface area contributed by atoms with Crippen molar-refractivity contribution in [3.8, 4) is 12.3 Å². The van der Waals surface area contributed by atoms with E-state index in [1.165, 1.54) is 40.9 Å². The van der Waals surface area contributed by atoms with Crippen molar-refractivity contribution in [2.45, 2.75) is 13.1 Å². The van der Waals surface area contributed by atoms with Gasteiger partial charge in [-0.3, -0.25) is 18.7 Å². The lowest BCUT2D eigenvalue weighted by molar-refractivity contribution is -0.118. The van der Waals surface area contributed by atoms with E-state index in [1.807, 2.05) is 6.07 Å². The summed E-state index contributed by atoms with van der Waals surface area (Å²) in [6, 6.07) is 5.35.